The van der Waals surface area contributed by atoms with E-state index < -0.39 is 0 Å². The molecule has 0 spiro atoms. The Kier molecular flexibility index (Phi) is 2.47. The number of rotatable bonds is 1. The monoisotopic (exact) mass is 278 g/mol. The van der Waals surface area contributed by atoms with E-state index in [-0.39, 0.29) is 5.63 Å². The summed E-state index contributed by atoms with van der Waals surface area (Å²) in [5.74, 6) is 0.631. The predicted molar refractivity (Wildman–Crippen MR) is 83.3 cm³/mol. The number of hydrogen-bond donors (Lipinski definition) is 0. The van der Waals surface area contributed by atoms with E-state index in [1.165, 1.54) is 4.70 Å². The molecule has 20 heavy (non-hydrogen) atoms. The zero-order valence-corrected chi connectivity index (χ0v) is 11.3. The smallest absolute Gasteiger partial charge is 0.344 e. The van der Waals surface area contributed by atoms with Crippen molar-refractivity contribution in [2.75, 3.05) is 0 Å². The largest absolute Gasteiger partial charge is 0.422 e. The molecule has 0 aliphatic heterocycles. The fourth-order valence-corrected chi connectivity index (χ4v) is 3.39. The van der Waals surface area contributed by atoms with Gasteiger partial charge in [-0.3, -0.25) is 0 Å². The van der Waals surface area contributed by atoms with Crippen LogP contribution >= 0.6 is 11.3 Å². The number of hydrogen-bond acceptors (Lipinski definition) is 3. The van der Waals surface area contributed by atoms with Crippen LogP contribution in [0, 0.1) is 0 Å². The number of benzene rings is 2. The molecule has 0 amide bonds. The van der Waals surface area contributed by atoms with E-state index in [2.05, 4.69) is 12.1 Å². The molecular formula is C17H10O2S. The van der Waals surface area contributed by atoms with Gasteiger partial charge in [0.2, 0.25) is 0 Å². The fourth-order valence-electron chi connectivity index (χ4n) is 2.44. The molecule has 0 aliphatic rings. The average Bonchev–Trinajstić information content (AvgIpc) is 2.91. The van der Waals surface area contributed by atoms with Crippen LogP contribution in [0.15, 0.2) is 69.2 Å². The van der Waals surface area contributed by atoms with E-state index in [0.29, 0.717) is 11.1 Å². The van der Waals surface area contributed by atoms with Gasteiger partial charge in [-0.05, 0) is 23.6 Å². The van der Waals surface area contributed by atoms with Gasteiger partial charge in [-0.1, -0.05) is 36.4 Å². The van der Waals surface area contributed by atoms with Crippen molar-refractivity contribution in [1.82, 2.24) is 0 Å². The van der Waals surface area contributed by atoms with Gasteiger partial charge in [0.1, 0.15) is 5.76 Å². The Labute approximate surface area is 118 Å². The highest BCUT2D eigenvalue weighted by atomic mass is 32.1. The van der Waals surface area contributed by atoms with Crippen molar-refractivity contribution in [3.63, 3.8) is 0 Å². The lowest BCUT2D eigenvalue weighted by Gasteiger charge is -2.01. The lowest BCUT2D eigenvalue weighted by Crippen LogP contribution is -1.99. The van der Waals surface area contributed by atoms with Crippen LogP contribution in [0.5, 0.6) is 0 Å². The second-order valence-corrected chi connectivity index (χ2v) is 5.54. The third kappa shape index (κ3) is 1.67. The van der Waals surface area contributed by atoms with E-state index in [9.17, 15) is 4.79 Å². The van der Waals surface area contributed by atoms with Gasteiger partial charge in [0, 0.05) is 21.0 Å². The van der Waals surface area contributed by atoms with Crippen LogP contribution in [0.1, 0.15) is 0 Å². The van der Waals surface area contributed by atoms with Gasteiger partial charge < -0.3 is 4.42 Å². The van der Waals surface area contributed by atoms with Crippen molar-refractivity contribution in [1.29, 1.82) is 0 Å². The lowest BCUT2D eigenvalue weighted by molar-refractivity contribution is 0.535. The first-order chi connectivity index (χ1) is 9.83. The molecule has 0 fully saturated rings. The Morgan fingerprint density at radius 1 is 0.900 bits per heavy atom. The van der Waals surface area contributed by atoms with Crippen LogP contribution in [-0.2, 0) is 0 Å². The second kappa shape index (κ2) is 4.32. The van der Waals surface area contributed by atoms with E-state index in [0.717, 1.165) is 16.3 Å². The lowest BCUT2D eigenvalue weighted by atomic mass is 10.1. The molecule has 0 saturated heterocycles. The first kappa shape index (κ1) is 11.4. The van der Waals surface area contributed by atoms with Crippen LogP contribution in [0.25, 0.3) is 32.2 Å². The quantitative estimate of drug-likeness (QED) is 0.506. The van der Waals surface area contributed by atoms with Gasteiger partial charge >= 0.3 is 5.63 Å². The molecule has 2 aromatic heterocycles. The summed E-state index contributed by atoms with van der Waals surface area (Å²) in [5.41, 5.74) is 0.696. The third-order valence-corrected chi connectivity index (χ3v) is 4.38. The van der Waals surface area contributed by atoms with Gasteiger partial charge in [-0.2, -0.15) is 0 Å². The zero-order valence-electron chi connectivity index (χ0n) is 10.5. The van der Waals surface area contributed by atoms with E-state index in [4.69, 9.17) is 4.42 Å². The minimum absolute atomic E-state index is 0.284. The minimum atomic E-state index is -0.284. The Balaban J connectivity index is 2.05. The van der Waals surface area contributed by atoms with E-state index in [1.807, 2.05) is 41.8 Å². The molecule has 3 heteroatoms. The van der Waals surface area contributed by atoms with Crippen molar-refractivity contribution < 1.29 is 4.42 Å². The number of fused-ring (bicyclic) bond motifs is 2. The molecule has 96 valence electrons. The van der Waals surface area contributed by atoms with Gasteiger partial charge in [-0.25, -0.2) is 4.79 Å². The van der Waals surface area contributed by atoms with Crippen LogP contribution in [0.2, 0.25) is 0 Å². The highest BCUT2D eigenvalue weighted by molar-refractivity contribution is 7.17. The average molecular weight is 278 g/mol. The first-order valence-corrected chi connectivity index (χ1v) is 7.20. The Bertz CT molecular complexity index is 979. The number of thiophene rings is 1. The summed E-state index contributed by atoms with van der Waals surface area (Å²) in [6.45, 7) is 0. The Hall–Kier alpha value is -2.39. The van der Waals surface area contributed by atoms with Gasteiger partial charge in [0.15, 0.2) is 0 Å². The van der Waals surface area contributed by atoms with Crippen LogP contribution in [0.4, 0.5) is 0 Å². The standard InChI is InChI=1S/C17H10O2S/c18-17-12-6-2-1-5-11(12)9-15(19-17)14-10-20-16-8-4-3-7-13(14)16/h1-10H. The molecule has 4 aromatic rings. The SMILES string of the molecule is O=c1oc(-c2csc3ccccc23)cc2ccccc12. The molecule has 0 N–H and O–H groups in total. The summed E-state index contributed by atoms with van der Waals surface area (Å²) in [4.78, 5) is 12.1. The summed E-state index contributed by atoms with van der Waals surface area (Å²) in [6.07, 6.45) is 0. The van der Waals surface area contributed by atoms with Gasteiger partial charge in [-0.15, -0.1) is 11.3 Å². The molecule has 2 heterocycles. The van der Waals surface area contributed by atoms with Crippen molar-refractivity contribution >= 4 is 32.2 Å². The molecule has 2 aromatic carbocycles. The van der Waals surface area contributed by atoms with Crippen molar-refractivity contribution in [2.45, 2.75) is 0 Å². The fraction of sp³-hybridized carbons (Fsp3) is 0. The van der Waals surface area contributed by atoms with Crippen molar-refractivity contribution in [3.8, 4) is 11.3 Å². The minimum Gasteiger partial charge on any atom is -0.422 e. The highest BCUT2D eigenvalue weighted by Crippen LogP contribution is 2.34. The maximum Gasteiger partial charge on any atom is 0.344 e. The molecule has 0 radical (unpaired) electrons. The molecule has 0 atom stereocenters. The van der Waals surface area contributed by atoms with Crippen molar-refractivity contribution in [3.05, 3.63) is 70.4 Å². The first-order valence-electron chi connectivity index (χ1n) is 6.32. The predicted octanol–water partition coefficient (Wildman–Crippen LogP) is 4.67. The Morgan fingerprint density at radius 3 is 2.55 bits per heavy atom. The normalized spacial score (nSPS) is 11.2. The summed E-state index contributed by atoms with van der Waals surface area (Å²) in [7, 11) is 0. The topological polar surface area (TPSA) is 30.2 Å². The van der Waals surface area contributed by atoms with Crippen molar-refractivity contribution in [2.24, 2.45) is 0 Å². The maximum atomic E-state index is 12.1. The summed E-state index contributed by atoms with van der Waals surface area (Å²) >= 11 is 1.66. The maximum absolute atomic E-state index is 12.1. The molecule has 0 aliphatic carbocycles. The summed E-state index contributed by atoms with van der Waals surface area (Å²) in [5, 5.41) is 4.69. The Morgan fingerprint density at radius 2 is 1.65 bits per heavy atom. The highest BCUT2D eigenvalue weighted by Gasteiger charge is 2.10. The summed E-state index contributed by atoms with van der Waals surface area (Å²) < 4.78 is 6.69. The molecule has 0 saturated carbocycles. The van der Waals surface area contributed by atoms with Gasteiger partial charge in [0.05, 0.1) is 5.39 Å². The van der Waals surface area contributed by atoms with E-state index >= 15 is 0 Å². The van der Waals surface area contributed by atoms with E-state index in [1.54, 1.807) is 17.4 Å². The molecule has 0 bridgehead atoms. The van der Waals surface area contributed by atoms with Crippen LogP contribution in [-0.4, -0.2) is 0 Å². The zero-order chi connectivity index (χ0) is 13.5. The van der Waals surface area contributed by atoms with Crippen LogP contribution < -0.4 is 5.63 Å². The molecule has 0 unspecified atom stereocenters. The van der Waals surface area contributed by atoms with Gasteiger partial charge in [0.25, 0.3) is 0 Å². The molecule has 2 nitrogen and oxygen atoms in total. The summed E-state index contributed by atoms with van der Waals surface area (Å²) in [6, 6.07) is 17.6. The molecule has 4 rings (SSSR count). The molecular weight excluding hydrogens is 268 g/mol. The second-order valence-electron chi connectivity index (χ2n) is 4.63. The van der Waals surface area contributed by atoms with Crippen LogP contribution in [0.3, 0.4) is 0 Å². The third-order valence-electron chi connectivity index (χ3n) is 3.42.